The second-order valence-electron chi connectivity index (χ2n) is 5.92. The Morgan fingerprint density at radius 2 is 2.18 bits per heavy atom. The Morgan fingerprint density at radius 3 is 2.76 bits per heavy atom. The first-order valence-corrected chi connectivity index (χ1v) is 7.34. The molecule has 5 atom stereocenters. The van der Waals surface area contributed by atoms with Crippen LogP contribution < -0.4 is 11.3 Å². The zero-order chi connectivity index (χ0) is 12.3. The number of hydrazine groups is 1. The van der Waals surface area contributed by atoms with Crippen molar-refractivity contribution in [2.45, 2.75) is 64.5 Å². The summed E-state index contributed by atoms with van der Waals surface area (Å²) in [5.74, 6) is 8.11. The van der Waals surface area contributed by atoms with Gasteiger partial charge in [0.2, 0.25) is 0 Å². The Bertz CT molecular complexity index is 234. The molecule has 1 aliphatic heterocycles. The van der Waals surface area contributed by atoms with Crippen LogP contribution >= 0.6 is 0 Å². The maximum absolute atomic E-state index is 5.83. The van der Waals surface area contributed by atoms with Gasteiger partial charge in [-0.1, -0.05) is 26.2 Å². The second-order valence-corrected chi connectivity index (χ2v) is 5.92. The van der Waals surface area contributed by atoms with Crippen molar-refractivity contribution >= 4 is 0 Å². The fourth-order valence-electron chi connectivity index (χ4n) is 3.86. The summed E-state index contributed by atoms with van der Waals surface area (Å²) in [4.78, 5) is 0. The van der Waals surface area contributed by atoms with E-state index in [1.165, 1.54) is 38.5 Å². The van der Waals surface area contributed by atoms with Crippen molar-refractivity contribution in [3.05, 3.63) is 0 Å². The minimum atomic E-state index is 0.373. The van der Waals surface area contributed by atoms with Crippen molar-refractivity contribution in [2.24, 2.45) is 23.6 Å². The number of rotatable bonds is 4. The van der Waals surface area contributed by atoms with Gasteiger partial charge in [0.25, 0.3) is 0 Å². The van der Waals surface area contributed by atoms with Crippen LogP contribution in [0.1, 0.15) is 52.4 Å². The van der Waals surface area contributed by atoms with Gasteiger partial charge in [-0.2, -0.15) is 0 Å². The monoisotopic (exact) mass is 240 g/mol. The summed E-state index contributed by atoms with van der Waals surface area (Å²) in [6, 6.07) is 0.460. The van der Waals surface area contributed by atoms with Crippen LogP contribution in [0.2, 0.25) is 0 Å². The third kappa shape index (κ3) is 3.01. The van der Waals surface area contributed by atoms with Gasteiger partial charge in [-0.05, 0) is 38.0 Å². The van der Waals surface area contributed by atoms with Gasteiger partial charge in [-0.25, -0.2) is 0 Å². The highest BCUT2D eigenvalue weighted by Crippen LogP contribution is 2.37. The fraction of sp³-hybridized carbons (Fsp3) is 1.00. The summed E-state index contributed by atoms with van der Waals surface area (Å²) in [5.41, 5.74) is 3.11. The molecule has 0 aromatic carbocycles. The second kappa shape index (κ2) is 6.17. The van der Waals surface area contributed by atoms with Crippen molar-refractivity contribution in [2.75, 3.05) is 6.61 Å². The molecular formula is C14H28N2O. The average molecular weight is 240 g/mol. The summed E-state index contributed by atoms with van der Waals surface area (Å²) in [5, 5.41) is 0. The molecule has 3 heteroatoms. The standard InChI is InChI=1S/C14H28N2O/c1-3-11-5-4-6-12(9-11)14(16-15)13-7-8-17-10(13)2/h10-14,16H,3-9,15H2,1-2H3. The molecule has 0 radical (unpaired) electrons. The molecule has 0 spiro atoms. The van der Waals surface area contributed by atoms with E-state index in [4.69, 9.17) is 10.6 Å². The lowest BCUT2D eigenvalue weighted by molar-refractivity contribution is 0.0765. The highest BCUT2D eigenvalue weighted by Gasteiger charge is 2.37. The quantitative estimate of drug-likeness (QED) is 0.586. The average Bonchev–Trinajstić information content (AvgIpc) is 2.77. The van der Waals surface area contributed by atoms with Gasteiger partial charge >= 0.3 is 0 Å². The predicted molar refractivity (Wildman–Crippen MR) is 70.4 cm³/mol. The lowest BCUT2D eigenvalue weighted by atomic mass is 9.72. The highest BCUT2D eigenvalue weighted by molar-refractivity contribution is 4.90. The molecule has 0 aromatic heterocycles. The first-order valence-electron chi connectivity index (χ1n) is 7.34. The van der Waals surface area contributed by atoms with Crippen molar-refractivity contribution in [1.82, 2.24) is 5.43 Å². The van der Waals surface area contributed by atoms with Crippen LogP contribution in [0.4, 0.5) is 0 Å². The van der Waals surface area contributed by atoms with E-state index in [1.54, 1.807) is 0 Å². The minimum Gasteiger partial charge on any atom is -0.378 e. The largest absolute Gasteiger partial charge is 0.378 e. The Kier molecular flexibility index (Phi) is 4.83. The number of hydrogen-bond acceptors (Lipinski definition) is 3. The molecule has 2 fully saturated rings. The molecule has 5 unspecified atom stereocenters. The molecule has 0 bridgehead atoms. The van der Waals surface area contributed by atoms with Gasteiger partial charge in [0.15, 0.2) is 0 Å². The van der Waals surface area contributed by atoms with Gasteiger partial charge in [0.05, 0.1) is 6.10 Å². The van der Waals surface area contributed by atoms with E-state index in [0.29, 0.717) is 18.1 Å². The maximum atomic E-state index is 5.83. The van der Waals surface area contributed by atoms with E-state index < -0.39 is 0 Å². The van der Waals surface area contributed by atoms with Gasteiger partial charge in [-0.3, -0.25) is 11.3 Å². The number of hydrogen-bond donors (Lipinski definition) is 2. The van der Waals surface area contributed by atoms with Crippen LogP contribution in [0.3, 0.4) is 0 Å². The topological polar surface area (TPSA) is 47.3 Å². The van der Waals surface area contributed by atoms with E-state index in [0.717, 1.165) is 18.4 Å². The molecule has 2 rings (SSSR count). The van der Waals surface area contributed by atoms with E-state index >= 15 is 0 Å². The van der Waals surface area contributed by atoms with Gasteiger partial charge in [0.1, 0.15) is 0 Å². The fourth-order valence-corrected chi connectivity index (χ4v) is 3.86. The molecule has 2 aliphatic rings. The predicted octanol–water partition coefficient (Wildman–Crippen LogP) is 2.46. The molecule has 0 amide bonds. The molecule has 100 valence electrons. The van der Waals surface area contributed by atoms with Crippen molar-refractivity contribution in [3.63, 3.8) is 0 Å². The number of nitrogens with one attached hydrogen (secondary N) is 1. The van der Waals surface area contributed by atoms with E-state index in [-0.39, 0.29) is 0 Å². The maximum Gasteiger partial charge on any atom is 0.0591 e. The van der Waals surface area contributed by atoms with Gasteiger partial charge in [0, 0.05) is 18.6 Å². The Morgan fingerprint density at radius 1 is 1.35 bits per heavy atom. The summed E-state index contributed by atoms with van der Waals surface area (Å²) in [7, 11) is 0. The molecule has 17 heavy (non-hydrogen) atoms. The minimum absolute atomic E-state index is 0.373. The smallest absolute Gasteiger partial charge is 0.0591 e. The Balaban J connectivity index is 1.97. The van der Waals surface area contributed by atoms with Gasteiger partial charge in [-0.15, -0.1) is 0 Å². The van der Waals surface area contributed by atoms with E-state index in [9.17, 15) is 0 Å². The normalized spacial score (nSPS) is 40.4. The first-order chi connectivity index (χ1) is 8.26. The molecule has 1 saturated heterocycles. The van der Waals surface area contributed by atoms with Crippen LogP contribution in [0.15, 0.2) is 0 Å². The van der Waals surface area contributed by atoms with Crippen LogP contribution in [0.25, 0.3) is 0 Å². The highest BCUT2D eigenvalue weighted by atomic mass is 16.5. The third-order valence-corrected chi connectivity index (χ3v) is 5.00. The molecule has 1 saturated carbocycles. The zero-order valence-corrected chi connectivity index (χ0v) is 11.3. The van der Waals surface area contributed by atoms with E-state index in [1.807, 2.05) is 0 Å². The SMILES string of the molecule is CCC1CCCC(C(NN)C2CCOC2C)C1. The van der Waals surface area contributed by atoms with Crippen molar-refractivity contribution in [1.29, 1.82) is 0 Å². The Hall–Kier alpha value is -0.120. The molecular weight excluding hydrogens is 212 g/mol. The lowest BCUT2D eigenvalue weighted by Gasteiger charge is -2.37. The molecule has 3 nitrogen and oxygen atoms in total. The molecule has 1 aliphatic carbocycles. The number of nitrogens with two attached hydrogens (primary N) is 1. The first kappa shape index (κ1) is 13.3. The van der Waals surface area contributed by atoms with E-state index in [2.05, 4.69) is 19.3 Å². The summed E-state index contributed by atoms with van der Waals surface area (Å²) < 4.78 is 5.70. The summed E-state index contributed by atoms with van der Waals surface area (Å²) in [6.45, 7) is 5.43. The molecule has 1 heterocycles. The van der Waals surface area contributed by atoms with Crippen LogP contribution in [-0.2, 0) is 4.74 Å². The van der Waals surface area contributed by atoms with Crippen LogP contribution in [0, 0.1) is 17.8 Å². The molecule has 3 N–H and O–H groups in total. The summed E-state index contributed by atoms with van der Waals surface area (Å²) in [6.07, 6.45) is 8.36. The zero-order valence-electron chi connectivity index (χ0n) is 11.3. The Labute approximate surface area is 105 Å². The van der Waals surface area contributed by atoms with Crippen LogP contribution in [0.5, 0.6) is 0 Å². The lowest BCUT2D eigenvalue weighted by Crippen LogP contribution is -2.49. The summed E-state index contributed by atoms with van der Waals surface area (Å²) >= 11 is 0. The van der Waals surface area contributed by atoms with Gasteiger partial charge < -0.3 is 4.74 Å². The number of ether oxygens (including phenoxy) is 1. The third-order valence-electron chi connectivity index (χ3n) is 5.00. The molecule has 0 aromatic rings. The van der Waals surface area contributed by atoms with Crippen molar-refractivity contribution < 1.29 is 4.74 Å². The van der Waals surface area contributed by atoms with Crippen molar-refractivity contribution in [3.8, 4) is 0 Å². The van der Waals surface area contributed by atoms with Crippen LogP contribution in [-0.4, -0.2) is 18.8 Å².